The molecule has 6 N–H and O–H groups in total. The van der Waals surface area contributed by atoms with Gasteiger partial charge in [-0.2, -0.15) is 0 Å². The van der Waals surface area contributed by atoms with Crippen LogP contribution in [0.4, 0.5) is 0 Å². The molecule has 0 rings (SSSR count). The van der Waals surface area contributed by atoms with Crippen molar-refractivity contribution in [1.29, 1.82) is 0 Å². The summed E-state index contributed by atoms with van der Waals surface area (Å²) in [6.45, 7) is 0. The topological polar surface area (TPSA) is 250 Å². The Kier molecular flexibility index (Phi) is 14.5. The standard InChI is InChI=1S/3H3NO3S.V/c3*1-5(2,3)4;/h3*(H3,1,2,3,4);/q;;;+3/p-3. The molecule has 0 aliphatic heterocycles. The van der Waals surface area contributed by atoms with Gasteiger partial charge in [0.05, 0.1) is 0 Å². The summed E-state index contributed by atoms with van der Waals surface area (Å²) < 4.78 is 79.7. The molecule has 0 spiro atoms. The van der Waals surface area contributed by atoms with E-state index in [4.69, 9.17) is 38.9 Å². The van der Waals surface area contributed by atoms with Gasteiger partial charge in [-0.15, -0.1) is 0 Å². The van der Waals surface area contributed by atoms with Crippen molar-refractivity contribution in [2.24, 2.45) is 15.4 Å². The molecule has 0 saturated heterocycles. The first-order valence-corrected chi connectivity index (χ1v) is 6.62. The SMILES string of the molecule is NS(=O)(=O)[O-].NS(=O)(=O)[O-].NS(=O)(=O)[O-].[V+3]. The monoisotopic (exact) mass is 339 g/mol. The molecule has 0 radical (unpaired) electrons. The van der Waals surface area contributed by atoms with E-state index in [-0.39, 0.29) is 18.6 Å². The van der Waals surface area contributed by atoms with E-state index >= 15 is 0 Å². The molecule has 0 fully saturated rings. The van der Waals surface area contributed by atoms with Crippen molar-refractivity contribution in [3.63, 3.8) is 0 Å². The van der Waals surface area contributed by atoms with Crippen molar-refractivity contribution in [3.8, 4) is 0 Å². The fraction of sp³-hybridized carbons (Fsp3) is 0. The van der Waals surface area contributed by atoms with Crippen molar-refractivity contribution in [1.82, 2.24) is 0 Å². The summed E-state index contributed by atoms with van der Waals surface area (Å²) in [5, 5.41) is 11.3. The van der Waals surface area contributed by atoms with Crippen LogP contribution in [0.25, 0.3) is 0 Å². The third kappa shape index (κ3) is 65400. The third-order valence-electron chi connectivity index (χ3n) is 0. The molecule has 98 valence electrons. The first-order valence-electron chi connectivity index (χ1n) is 2.21. The molecule has 0 aliphatic rings. The van der Waals surface area contributed by atoms with Gasteiger partial charge in [0.2, 0.25) is 0 Å². The quantitative estimate of drug-likeness (QED) is 0.357. The molecule has 0 amide bonds. The van der Waals surface area contributed by atoms with Gasteiger partial charge < -0.3 is 13.7 Å². The zero-order valence-electron chi connectivity index (χ0n) is 7.08. The Morgan fingerprint density at radius 2 is 0.562 bits per heavy atom. The van der Waals surface area contributed by atoms with Crippen molar-refractivity contribution < 1.29 is 57.5 Å². The van der Waals surface area contributed by atoms with E-state index in [9.17, 15) is 0 Å². The van der Waals surface area contributed by atoms with Gasteiger partial charge in [0.25, 0.3) is 0 Å². The van der Waals surface area contributed by atoms with Crippen molar-refractivity contribution in [2.45, 2.75) is 0 Å². The maximum Gasteiger partial charge on any atom is 3.00 e. The van der Waals surface area contributed by atoms with Crippen LogP contribution in [0.3, 0.4) is 0 Å². The molecule has 0 aromatic heterocycles. The molecule has 12 nitrogen and oxygen atoms in total. The number of hydrogen-bond acceptors (Lipinski definition) is 9. The minimum Gasteiger partial charge on any atom is -0.736 e. The van der Waals surface area contributed by atoms with Crippen LogP contribution in [0.1, 0.15) is 0 Å². The fourth-order valence-electron chi connectivity index (χ4n) is 0. The van der Waals surface area contributed by atoms with E-state index in [1.54, 1.807) is 0 Å². The van der Waals surface area contributed by atoms with Crippen molar-refractivity contribution >= 4 is 30.9 Å². The summed E-state index contributed by atoms with van der Waals surface area (Å²) in [6.07, 6.45) is 0. The van der Waals surface area contributed by atoms with Crippen molar-refractivity contribution in [3.05, 3.63) is 0 Å². The van der Waals surface area contributed by atoms with Gasteiger partial charge in [0.15, 0.2) is 30.9 Å². The van der Waals surface area contributed by atoms with E-state index in [2.05, 4.69) is 15.4 Å². The second-order valence-electron chi connectivity index (χ2n) is 1.48. The summed E-state index contributed by atoms with van der Waals surface area (Å²) in [7, 11) is -13.2. The molecule has 0 atom stereocenters. The molecule has 0 aromatic rings. The fourth-order valence-corrected chi connectivity index (χ4v) is 0. The predicted molar refractivity (Wildman–Crippen MR) is 41.7 cm³/mol. The maximum absolute atomic E-state index is 8.85. The molecule has 0 aromatic carbocycles. The summed E-state index contributed by atoms with van der Waals surface area (Å²) >= 11 is 0. The molecule has 16 heteroatoms. The largest absolute Gasteiger partial charge is 3.00 e. The van der Waals surface area contributed by atoms with Crippen LogP contribution >= 0.6 is 0 Å². The first-order chi connectivity index (χ1) is 6.00. The number of hydrogen-bond donors (Lipinski definition) is 3. The van der Waals surface area contributed by atoms with Gasteiger partial charge in [-0.25, -0.2) is 40.7 Å². The van der Waals surface area contributed by atoms with Crippen LogP contribution in [0.15, 0.2) is 0 Å². The van der Waals surface area contributed by atoms with Crippen LogP contribution < -0.4 is 15.4 Å². The zero-order chi connectivity index (χ0) is 13.5. The first kappa shape index (κ1) is 25.1. The second kappa shape index (κ2) is 9.25. The van der Waals surface area contributed by atoms with E-state index in [1.807, 2.05) is 0 Å². The summed E-state index contributed by atoms with van der Waals surface area (Å²) in [4.78, 5) is 0. The normalized spacial score (nSPS) is 10.9. The van der Waals surface area contributed by atoms with Crippen molar-refractivity contribution in [2.75, 3.05) is 0 Å². The molecule has 0 unspecified atom stereocenters. The van der Waals surface area contributed by atoms with E-state index in [0.29, 0.717) is 0 Å². The Hall–Kier alpha value is 0.194. The number of rotatable bonds is 0. The average Bonchev–Trinajstić information content (AvgIpc) is 1.41. The molecular formula is H6N3O9S3V. The predicted octanol–water partition coefficient (Wildman–Crippen LogP) is -4.79. The molecule has 0 bridgehead atoms. The minimum absolute atomic E-state index is 0. The van der Waals surface area contributed by atoms with Crippen LogP contribution in [0.5, 0.6) is 0 Å². The van der Waals surface area contributed by atoms with Gasteiger partial charge >= 0.3 is 18.6 Å². The Morgan fingerprint density at radius 3 is 0.562 bits per heavy atom. The Morgan fingerprint density at radius 1 is 0.562 bits per heavy atom. The van der Waals surface area contributed by atoms with E-state index in [1.165, 1.54) is 0 Å². The van der Waals surface area contributed by atoms with Crippen LogP contribution in [-0.4, -0.2) is 38.9 Å². The smallest absolute Gasteiger partial charge is 0.736 e. The Balaban J connectivity index is -0.0000000655. The molecule has 0 aliphatic carbocycles. The summed E-state index contributed by atoms with van der Waals surface area (Å²) in [5.41, 5.74) is 0. The Labute approximate surface area is 104 Å². The number of nitrogens with two attached hydrogens (primary N) is 3. The minimum atomic E-state index is -4.42. The molecule has 16 heavy (non-hydrogen) atoms. The average molecular weight is 339 g/mol. The maximum atomic E-state index is 8.85. The zero-order valence-corrected chi connectivity index (χ0v) is 10.9. The second-order valence-corrected chi connectivity index (χ2v) is 4.44. The van der Waals surface area contributed by atoms with Gasteiger partial charge in [0, 0.05) is 0 Å². The van der Waals surface area contributed by atoms with E-state index < -0.39 is 30.9 Å². The van der Waals surface area contributed by atoms with Crippen LogP contribution in [0.2, 0.25) is 0 Å². The van der Waals surface area contributed by atoms with Crippen LogP contribution in [-0.2, 0) is 49.5 Å². The summed E-state index contributed by atoms with van der Waals surface area (Å²) in [5.74, 6) is 0. The molecular weight excluding hydrogens is 333 g/mol. The van der Waals surface area contributed by atoms with Gasteiger partial charge in [-0.3, -0.25) is 0 Å². The van der Waals surface area contributed by atoms with Crippen LogP contribution in [0, 0.1) is 0 Å². The van der Waals surface area contributed by atoms with Gasteiger partial charge in [0.1, 0.15) is 0 Å². The third-order valence-corrected chi connectivity index (χ3v) is 0. The van der Waals surface area contributed by atoms with E-state index in [0.717, 1.165) is 0 Å². The Bertz CT molecular complexity index is 347. The van der Waals surface area contributed by atoms with Gasteiger partial charge in [-0.05, 0) is 0 Å². The molecule has 0 heterocycles. The molecule has 0 saturated carbocycles. The summed E-state index contributed by atoms with van der Waals surface area (Å²) in [6, 6.07) is 0. The van der Waals surface area contributed by atoms with Gasteiger partial charge in [-0.1, -0.05) is 0 Å².